The lowest BCUT2D eigenvalue weighted by atomic mass is 9.96. The van der Waals surface area contributed by atoms with E-state index in [4.69, 9.17) is 4.99 Å². The van der Waals surface area contributed by atoms with Crippen molar-refractivity contribution in [2.24, 2.45) is 4.99 Å². The second kappa shape index (κ2) is 10.1. The molecule has 2 aromatic heterocycles. The number of halogens is 1. The Labute approximate surface area is 213 Å². The summed E-state index contributed by atoms with van der Waals surface area (Å²) in [4.78, 5) is 35.7. The zero-order chi connectivity index (χ0) is 25.9. The number of hydrogen-bond acceptors (Lipinski definition) is 6. The van der Waals surface area contributed by atoms with Gasteiger partial charge in [0.25, 0.3) is 5.91 Å². The molecule has 0 saturated carbocycles. The van der Waals surface area contributed by atoms with Gasteiger partial charge in [0.15, 0.2) is 17.8 Å². The Morgan fingerprint density at radius 3 is 2.59 bits per heavy atom. The monoisotopic (exact) mass is 496 g/mol. The highest BCUT2D eigenvalue weighted by Crippen LogP contribution is 2.27. The van der Waals surface area contributed by atoms with Crippen LogP contribution >= 0.6 is 0 Å². The van der Waals surface area contributed by atoms with Gasteiger partial charge < -0.3 is 10.6 Å². The summed E-state index contributed by atoms with van der Waals surface area (Å²) in [7, 11) is 1.66. The fourth-order valence-corrected chi connectivity index (χ4v) is 4.39. The molecule has 0 fully saturated rings. The molecule has 5 rings (SSSR count). The van der Waals surface area contributed by atoms with Crippen LogP contribution in [0.15, 0.2) is 78.0 Å². The van der Waals surface area contributed by atoms with Crippen LogP contribution in [-0.4, -0.2) is 45.4 Å². The fourth-order valence-electron chi connectivity index (χ4n) is 4.39. The maximum Gasteiger partial charge on any atom is 0.257 e. The molecule has 1 aliphatic rings. The Hall–Kier alpha value is -4.66. The van der Waals surface area contributed by atoms with E-state index in [1.54, 1.807) is 7.05 Å². The van der Waals surface area contributed by atoms with E-state index < -0.39 is 17.9 Å². The quantitative estimate of drug-likeness (QED) is 0.422. The molecule has 9 heteroatoms. The highest BCUT2D eigenvalue weighted by Gasteiger charge is 2.30. The summed E-state index contributed by atoms with van der Waals surface area (Å²) in [5, 5.41) is 9.85. The van der Waals surface area contributed by atoms with Crippen LogP contribution in [0, 0.1) is 5.82 Å². The maximum absolute atomic E-state index is 15.0. The molecule has 0 bridgehead atoms. The second-order valence-corrected chi connectivity index (χ2v) is 8.55. The first-order chi connectivity index (χ1) is 18.0. The number of ketones is 1. The number of carbonyl (C=O) groups is 2. The number of carbonyl (C=O) groups excluding carboxylic acids is 2. The van der Waals surface area contributed by atoms with Gasteiger partial charge in [-0.15, -0.1) is 0 Å². The molecular formula is C28H25FN6O2. The lowest BCUT2D eigenvalue weighted by molar-refractivity contribution is -0.120. The standard InChI is InChI=1S/C28H25FN6O2/c1-3-35-26(25-22(29)14-19(30-2)15-31-25)21(16-32-35)28(37)34-27-23(36)13-18-11-7-8-12-20(18)24(33-27)17-9-5-4-6-10-17/h4-12,14-16,27,30H,3,13H2,1-2H3,(H,34,37)/t27-/m1/s1. The number of nitrogens with one attached hydrogen (secondary N) is 2. The number of Topliss-reactive ketones (excluding diaryl/α,β-unsaturated/α-hetero) is 1. The largest absolute Gasteiger partial charge is 0.387 e. The number of fused-ring (bicyclic) bond motifs is 1. The molecule has 1 atom stereocenters. The number of anilines is 1. The third kappa shape index (κ3) is 4.63. The maximum atomic E-state index is 15.0. The van der Waals surface area contributed by atoms with E-state index in [9.17, 15) is 14.0 Å². The van der Waals surface area contributed by atoms with E-state index >= 15 is 0 Å². The summed E-state index contributed by atoms with van der Waals surface area (Å²) in [6.07, 6.45) is 1.83. The molecule has 0 unspecified atom stereocenters. The lowest BCUT2D eigenvalue weighted by Gasteiger charge is -2.14. The number of benzene rings is 2. The second-order valence-electron chi connectivity index (χ2n) is 8.55. The molecule has 4 aromatic rings. The molecule has 1 amide bonds. The topological polar surface area (TPSA) is 101 Å². The van der Waals surface area contributed by atoms with E-state index in [1.165, 1.54) is 23.1 Å². The number of amides is 1. The van der Waals surface area contributed by atoms with E-state index in [-0.39, 0.29) is 29.2 Å². The van der Waals surface area contributed by atoms with Gasteiger partial charge in [0.05, 0.1) is 29.4 Å². The van der Waals surface area contributed by atoms with Crippen molar-refractivity contribution in [1.82, 2.24) is 20.1 Å². The average molecular weight is 497 g/mol. The SMILES string of the molecule is CCn1ncc(C(=O)N[C@H]2N=C(c3ccccc3)c3ccccc3CC2=O)c1-c1ncc(NC)cc1F. The van der Waals surface area contributed by atoms with Gasteiger partial charge in [0, 0.05) is 37.2 Å². The molecule has 2 aromatic carbocycles. The molecule has 0 spiro atoms. The molecule has 3 heterocycles. The van der Waals surface area contributed by atoms with Crippen molar-refractivity contribution in [2.45, 2.75) is 26.1 Å². The van der Waals surface area contributed by atoms with Crippen molar-refractivity contribution in [2.75, 3.05) is 12.4 Å². The van der Waals surface area contributed by atoms with Crippen molar-refractivity contribution in [1.29, 1.82) is 0 Å². The summed E-state index contributed by atoms with van der Waals surface area (Å²) >= 11 is 0. The van der Waals surface area contributed by atoms with Crippen molar-refractivity contribution in [3.8, 4) is 11.4 Å². The van der Waals surface area contributed by atoms with E-state index in [2.05, 4.69) is 20.7 Å². The van der Waals surface area contributed by atoms with Crippen LogP contribution in [0.4, 0.5) is 10.1 Å². The fraction of sp³-hybridized carbons (Fsp3) is 0.179. The van der Waals surface area contributed by atoms with Gasteiger partial charge >= 0.3 is 0 Å². The Kier molecular flexibility index (Phi) is 6.59. The van der Waals surface area contributed by atoms with Crippen molar-refractivity contribution in [3.63, 3.8) is 0 Å². The van der Waals surface area contributed by atoms with E-state index in [0.29, 0.717) is 17.9 Å². The van der Waals surface area contributed by atoms with Crippen LogP contribution in [-0.2, 0) is 17.8 Å². The van der Waals surface area contributed by atoms with Gasteiger partial charge in [-0.25, -0.2) is 9.37 Å². The summed E-state index contributed by atoms with van der Waals surface area (Å²) in [5.41, 5.74) is 3.97. The van der Waals surface area contributed by atoms with Crippen molar-refractivity contribution >= 4 is 23.1 Å². The first-order valence-electron chi connectivity index (χ1n) is 11.9. The van der Waals surface area contributed by atoms with Crippen LogP contribution in [0.25, 0.3) is 11.4 Å². The van der Waals surface area contributed by atoms with Gasteiger partial charge in [-0.2, -0.15) is 5.10 Å². The first-order valence-corrected chi connectivity index (χ1v) is 11.9. The molecule has 0 aliphatic carbocycles. The molecule has 8 nitrogen and oxygen atoms in total. The average Bonchev–Trinajstić information content (AvgIpc) is 3.30. The summed E-state index contributed by atoms with van der Waals surface area (Å²) in [5.74, 6) is -1.44. The Morgan fingerprint density at radius 1 is 1.11 bits per heavy atom. The van der Waals surface area contributed by atoms with Crippen LogP contribution in [0.5, 0.6) is 0 Å². The normalized spacial score (nSPS) is 14.9. The number of pyridine rings is 1. The van der Waals surface area contributed by atoms with Gasteiger partial charge in [-0.05, 0) is 12.5 Å². The summed E-state index contributed by atoms with van der Waals surface area (Å²) in [6.45, 7) is 2.23. The van der Waals surface area contributed by atoms with E-state index in [1.807, 2.05) is 61.5 Å². The number of rotatable bonds is 6. The van der Waals surface area contributed by atoms with Crippen molar-refractivity contribution < 1.29 is 14.0 Å². The Balaban J connectivity index is 1.54. The molecule has 186 valence electrons. The predicted octanol–water partition coefficient (Wildman–Crippen LogP) is 3.86. The first kappa shape index (κ1) is 24.1. The third-order valence-electron chi connectivity index (χ3n) is 6.25. The van der Waals surface area contributed by atoms with Crippen LogP contribution in [0.3, 0.4) is 0 Å². The molecule has 1 aliphatic heterocycles. The smallest absolute Gasteiger partial charge is 0.257 e. The Morgan fingerprint density at radius 2 is 1.86 bits per heavy atom. The number of nitrogens with zero attached hydrogens (tertiary/aromatic N) is 4. The number of aryl methyl sites for hydroxylation is 1. The molecule has 0 radical (unpaired) electrons. The van der Waals surface area contributed by atoms with Crippen molar-refractivity contribution in [3.05, 3.63) is 101 Å². The third-order valence-corrected chi connectivity index (χ3v) is 6.25. The highest BCUT2D eigenvalue weighted by molar-refractivity contribution is 6.16. The zero-order valence-electron chi connectivity index (χ0n) is 20.4. The van der Waals surface area contributed by atoms with Crippen LogP contribution in [0.2, 0.25) is 0 Å². The predicted molar refractivity (Wildman–Crippen MR) is 139 cm³/mol. The van der Waals surface area contributed by atoms with Gasteiger partial charge in [0.2, 0.25) is 0 Å². The number of aliphatic imine (C=N–C) groups is 1. The molecule has 0 saturated heterocycles. The van der Waals surface area contributed by atoms with Crippen LogP contribution < -0.4 is 10.6 Å². The minimum Gasteiger partial charge on any atom is -0.387 e. The summed E-state index contributed by atoms with van der Waals surface area (Å²) in [6, 6.07) is 18.4. The van der Waals surface area contributed by atoms with Crippen LogP contribution in [0.1, 0.15) is 34.0 Å². The molecule has 2 N–H and O–H groups in total. The molecular weight excluding hydrogens is 471 g/mol. The lowest BCUT2D eigenvalue weighted by Crippen LogP contribution is -2.40. The zero-order valence-corrected chi connectivity index (χ0v) is 20.4. The highest BCUT2D eigenvalue weighted by atomic mass is 19.1. The Bertz CT molecular complexity index is 1510. The number of hydrogen-bond donors (Lipinski definition) is 2. The minimum atomic E-state index is -1.13. The van der Waals surface area contributed by atoms with E-state index in [0.717, 1.165) is 16.7 Å². The summed E-state index contributed by atoms with van der Waals surface area (Å²) < 4.78 is 16.5. The van der Waals surface area contributed by atoms with Gasteiger partial charge in [-0.1, -0.05) is 54.6 Å². The minimum absolute atomic E-state index is 0.00317. The molecule has 37 heavy (non-hydrogen) atoms. The van der Waals surface area contributed by atoms with Gasteiger partial charge in [0.1, 0.15) is 11.4 Å². The number of aromatic nitrogens is 3. The van der Waals surface area contributed by atoms with Gasteiger partial charge in [-0.3, -0.25) is 19.3 Å².